The van der Waals surface area contributed by atoms with E-state index in [1.165, 1.54) is 11.3 Å². The Morgan fingerprint density at radius 1 is 1.37 bits per heavy atom. The first-order valence-electron chi connectivity index (χ1n) is 5.18. The molecule has 0 saturated carbocycles. The van der Waals surface area contributed by atoms with Gasteiger partial charge in [-0.15, -0.1) is 10.2 Å². The predicted molar refractivity (Wildman–Crippen MR) is 64.3 cm³/mol. The smallest absolute Gasteiger partial charge is 0.363 e. The van der Waals surface area contributed by atoms with Crippen LogP contribution >= 0.6 is 11.3 Å². The van der Waals surface area contributed by atoms with Crippen molar-refractivity contribution in [1.82, 2.24) is 14.8 Å². The molecule has 2 aromatic heterocycles. The minimum Gasteiger partial charge on any atom is -0.363 e. The van der Waals surface area contributed by atoms with Gasteiger partial charge in [-0.25, -0.2) is 0 Å². The van der Waals surface area contributed by atoms with E-state index in [1.54, 1.807) is 7.05 Å². The average molecular weight is 290 g/mol. The van der Waals surface area contributed by atoms with Crippen molar-refractivity contribution in [3.05, 3.63) is 39.3 Å². The van der Waals surface area contributed by atoms with Gasteiger partial charge >= 0.3 is 6.18 Å². The van der Waals surface area contributed by atoms with Crippen LogP contribution in [0.4, 0.5) is 18.3 Å². The van der Waals surface area contributed by atoms with Gasteiger partial charge in [0.15, 0.2) is 0 Å². The Kier molecular flexibility index (Phi) is 3.56. The molecular weight excluding hydrogens is 281 g/mol. The van der Waals surface area contributed by atoms with Gasteiger partial charge in [-0.2, -0.15) is 13.2 Å². The quantitative estimate of drug-likeness (QED) is 0.936. The molecule has 102 valence electrons. The van der Waals surface area contributed by atoms with E-state index in [-0.39, 0.29) is 6.54 Å². The van der Waals surface area contributed by atoms with Crippen LogP contribution in [0.3, 0.4) is 0 Å². The van der Waals surface area contributed by atoms with Crippen molar-refractivity contribution in [3.63, 3.8) is 0 Å². The number of halogens is 3. The van der Waals surface area contributed by atoms with Gasteiger partial charge in [0.2, 0.25) is 5.13 Å². The van der Waals surface area contributed by atoms with Crippen LogP contribution in [0.1, 0.15) is 10.6 Å². The second-order valence-corrected chi connectivity index (χ2v) is 4.69. The van der Waals surface area contributed by atoms with Crippen molar-refractivity contribution in [2.75, 3.05) is 12.4 Å². The molecule has 0 amide bonds. The molecule has 5 nitrogen and oxygen atoms in total. The van der Waals surface area contributed by atoms with Gasteiger partial charge in [-0.3, -0.25) is 4.79 Å². The third-order valence-electron chi connectivity index (χ3n) is 2.30. The molecule has 0 aliphatic rings. The minimum atomic E-state index is -4.48. The predicted octanol–water partition coefficient (Wildman–Crippen LogP) is 1.81. The maximum absolute atomic E-state index is 12.5. The minimum absolute atomic E-state index is 0.0396. The Labute approximate surface area is 109 Å². The Morgan fingerprint density at radius 2 is 2.11 bits per heavy atom. The third-order valence-corrected chi connectivity index (χ3v) is 3.22. The summed E-state index contributed by atoms with van der Waals surface area (Å²) >= 11 is 1.18. The summed E-state index contributed by atoms with van der Waals surface area (Å²) in [6, 6.07) is 1.65. The first-order chi connectivity index (χ1) is 8.90. The van der Waals surface area contributed by atoms with Gasteiger partial charge in [0.05, 0.1) is 12.1 Å². The zero-order valence-electron chi connectivity index (χ0n) is 9.73. The molecule has 0 fully saturated rings. The highest BCUT2D eigenvalue weighted by atomic mass is 32.1. The zero-order valence-corrected chi connectivity index (χ0v) is 10.5. The molecule has 0 unspecified atom stereocenters. The van der Waals surface area contributed by atoms with Crippen LogP contribution in [-0.4, -0.2) is 21.8 Å². The van der Waals surface area contributed by atoms with Crippen molar-refractivity contribution >= 4 is 16.5 Å². The van der Waals surface area contributed by atoms with Crippen LogP contribution in [0, 0.1) is 0 Å². The largest absolute Gasteiger partial charge is 0.417 e. The van der Waals surface area contributed by atoms with Crippen LogP contribution in [0.2, 0.25) is 0 Å². The van der Waals surface area contributed by atoms with Gasteiger partial charge in [0.1, 0.15) is 5.01 Å². The number of alkyl halides is 3. The first kappa shape index (κ1) is 13.5. The first-order valence-corrected chi connectivity index (χ1v) is 5.99. The van der Waals surface area contributed by atoms with Crippen LogP contribution in [0.5, 0.6) is 0 Å². The van der Waals surface area contributed by atoms with Crippen molar-refractivity contribution in [1.29, 1.82) is 0 Å². The fraction of sp³-hybridized carbons (Fsp3) is 0.300. The van der Waals surface area contributed by atoms with E-state index < -0.39 is 17.3 Å². The van der Waals surface area contributed by atoms with E-state index in [4.69, 9.17) is 0 Å². The van der Waals surface area contributed by atoms with Crippen LogP contribution in [0.25, 0.3) is 0 Å². The van der Waals surface area contributed by atoms with Crippen molar-refractivity contribution in [3.8, 4) is 0 Å². The van der Waals surface area contributed by atoms with Gasteiger partial charge in [0, 0.05) is 19.3 Å². The fourth-order valence-corrected chi connectivity index (χ4v) is 2.08. The average Bonchev–Trinajstić information content (AvgIpc) is 2.78. The van der Waals surface area contributed by atoms with E-state index in [2.05, 4.69) is 15.5 Å². The van der Waals surface area contributed by atoms with Gasteiger partial charge in [-0.05, 0) is 6.07 Å². The molecular formula is C10H9F3N4OS. The monoisotopic (exact) mass is 290 g/mol. The molecule has 19 heavy (non-hydrogen) atoms. The van der Waals surface area contributed by atoms with Gasteiger partial charge in [0.25, 0.3) is 5.56 Å². The SMILES string of the molecule is CNc1nnc(Cn2cc(C(F)(F)F)ccc2=O)s1. The highest BCUT2D eigenvalue weighted by molar-refractivity contribution is 7.15. The van der Waals surface area contributed by atoms with Gasteiger partial charge in [-0.1, -0.05) is 11.3 Å². The number of nitrogens with zero attached hydrogens (tertiary/aromatic N) is 3. The van der Waals surface area contributed by atoms with Crippen LogP contribution in [-0.2, 0) is 12.7 Å². The molecule has 2 rings (SSSR count). The Bertz CT molecular complexity index is 634. The van der Waals surface area contributed by atoms with Crippen LogP contribution in [0.15, 0.2) is 23.1 Å². The number of aromatic nitrogens is 3. The number of anilines is 1. The Hall–Kier alpha value is -1.90. The molecule has 0 saturated heterocycles. The van der Waals surface area contributed by atoms with E-state index in [9.17, 15) is 18.0 Å². The van der Waals surface area contributed by atoms with Crippen LogP contribution < -0.4 is 10.9 Å². The molecule has 2 heterocycles. The van der Waals surface area contributed by atoms with Gasteiger partial charge < -0.3 is 9.88 Å². The third kappa shape index (κ3) is 3.11. The Balaban J connectivity index is 2.31. The summed E-state index contributed by atoms with van der Waals surface area (Å²) in [4.78, 5) is 11.5. The van der Waals surface area contributed by atoms with Crippen molar-refractivity contribution in [2.24, 2.45) is 0 Å². The topological polar surface area (TPSA) is 59.8 Å². The van der Waals surface area contributed by atoms with E-state index in [0.717, 1.165) is 22.9 Å². The lowest BCUT2D eigenvalue weighted by Gasteiger charge is -2.09. The van der Waals surface area contributed by atoms with E-state index >= 15 is 0 Å². The summed E-state index contributed by atoms with van der Waals surface area (Å²) < 4.78 is 38.6. The number of hydrogen-bond donors (Lipinski definition) is 1. The second-order valence-electron chi connectivity index (χ2n) is 3.63. The number of nitrogens with one attached hydrogen (secondary N) is 1. The van der Waals surface area contributed by atoms with E-state index in [0.29, 0.717) is 10.1 Å². The zero-order chi connectivity index (χ0) is 14.0. The summed E-state index contributed by atoms with van der Waals surface area (Å²) in [6.07, 6.45) is -3.70. The molecule has 2 aromatic rings. The molecule has 9 heteroatoms. The number of hydrogen-bond acceptors (Lipinski definition) is 5. The fourth-order valence-electron chi connectivity index (χ4n) is 1.39. The maximum atomic E-state index is 12.5. The van der Waals surface area contributed by atoms with Crippen molar-refractivity contribution < 1.29 is 13.2 Å². The summed E-state index contributed by atoms with van der Waals surface area (Å²) in [6.45, 7) is -0.0396. The summed E-state index contributed by atoms with van der Waals surface area (Å²) in [7, 11) is 1.65. The second kappa shape index (κ2) is 5.00. The molecule has 1 N–H and O–H groups in total. The maximum Gasteiger partial charge on any atom is 0.417 e. The molecule has 0 aliphatic carbocycles. The summed E-state index contributed by atoms with van der Waals surface area (Å²) in [5.74, 6) is 0. The number of pyridine rings is 1. The lowest BCUT2D eigenvalue weighted by molar-refractivity contribution is -0.138. The molecule has 0 spiro atoms. The normalized spacial score (nSPS) is 11.6. The molecule has 0 bridgehead atoms. The lowest BCUT2D eigenvalue weighted by atomic mass is 10.3. The standard InChI is InChI=1S/C10H9F3N4OS/c1-14-9-16-15-7(19-9)5-17-4-6(10(11,12)13)2-3-8(17)18/h2-4H,5H2,1H3,(H,14,16). The molecule has 0 aromatic carbocycles. The molecule has 0 radical (unpaired) electrons. The van der Waals surface area contributed by atoms with E-state index in [1.807, 2.05) is 0 Å². The van der Waals surface area contributed by atoms with Crippen molar-refractivity contribution in [2.45, 2.75) is 12.7 Å². The Morgan fingerprint density at radius 3 is 2.68 bits per heavy atom. The summed E-state index contributed by atoms with van der Waals surface area (Å²) in [5, 5.41) is 11.3. The molecule has 0 atom stereocenters. The number of rotatable bonds is 3. The highest BCUT2D eigenvalue weighted by Crippen LogP contribution is 2.28. The lowest BCUT2D eigenvalue weighted by Crippen LogP contribution is -2.21. The molecule has 0 aliphatic heterocycles. The summed E-state index contributed by atoms with van der Waals surface area (Å²) in [5.41, 5.74) is -1.39. The highest BCUT2D eigenvalue weighted by Gasteiger charge is 2.31.